The van der Waals surface area contributed by atoms with Gasteiger partial charge in [0.2, 0.25) is 0 Å². The van der Waals surface area contributed by atoms with Gasteiger partial charge in [-0.15, -0.1) is 6.58 Å². The van der Waals surface area contributed by atoms with Gasteiger partial charge in [0.25, 0.3) is 0 Å². The molecule has 0 N–H and O–H groups in total. The number of esters is 1. The molecule has 1 rings (SSSR count). The minimum Gasteiger partial charge on any atom is -0.465 e. The van der Waals surface area contributed by atoms with E-state index in [0.29, 0.717) is 23.7 Å². The van der Waals surface area contributed by atoms with Crippen molar-refractivity contribution in [3.8, 4) is 0 Å². The van der Waals surface area contributed by atoms with E-state index in [4.69, 9.17) is 16.3 Å². The second kappa shape index (κ2) is 7.92. The van der Waals surface area contributed by atoms with Crippen molar-refractivity contribution in [1.82, 2.24) is 4.90 Å². The molecule has 0 saturated carbocycles. The standard InChI is InChI=1S/C14H17ClFNO2/c1-3-8-17(10-14(18)19-4-2)9-11-12(15)6-5-7-13(11)16/h3,5-7H,1,4,8-10H2,2H3. The van der Waals surface area contributed by atoms with Gasteiger partial charge >= 0.3 is 5.97 Å². The first kappa shape index (κ1) is 15.7. The van der Waals surface area contributed by atoms with Crippen LogP contribution in [0.2, 0.25) is 5.02 Å². The Hall–Kier alpha value is -1.39. The van der Waals surface area contributed by atoms with E-state index in [0.717, 1.165) is 0 Å². The van der Waals surface area contributed by atoms with Crippen molar-refractivity contribution < 1.29 is 13.9 Å². The lowest BCUT2D eigenvalue weighted by Gasteiger charge is -2.20. The summed E-state index contributed by atoms with van der Waals surface area (Å²) in [5, 5.41) is 0.345. The van der Waals surface area contributed by atoms with Gasteiger partial charge in [-0.25, -0.2) is 4.39 Å². The van der Waals surface area contributed by atoms with Gasteiger partial charge in [-0.1, -0.05) is 23.7 Å². The van der Waals surface area contributed by atoms with Crippen molar-refractivity contribution in [3.63, 3.8) is 0 Å². The van der Waals surface area contributed by atoms with Crippen LogP contribution in [0, 0.1) is 5.82 Å². The number of hydrogen-bond donors (Lipinski definition) is 0. The third-order valence-electron chi connectivity index (χ3n) is 2.49. The van der Waals surface area contributed by atoms with E-state index in [1.165, 1.54) is 6.07 Å². The van der Waals surface area contributed by atoms with Gasteiger partial charge in [0.15, 0.2) is 0 Å². The highest BCUT2D eigenvalue weighted by Gasteiger charge is 2.15. The topological polar surface area (TPSA) is 29.5 Å². The molecule has 0 heterocycles. The first-order chi connectivity index (χ1) is 9.08. The summed E-state index contributed by atoms with van der Waals surface area (Å²) in [7, 11) is 0. The molecule has 0 atom stereocenters. The van der Waals surface area contributed by atoms with Crippen LogP contribution in [-0.2, 0) is 16.1 Å². The number of ether oxygens (including phenoxy) is 1. The number of nitrogens with zero attached hydrogens (tertiary/aromatic N) is 1. The van der Waals surface area contributed by atoms with Crippen LogP contribution in [0.25, 0.3) is 0 Å². The Labute approximate surface area is 117 Å². The smallest absolute Gasteiger partial charge is 0.320 e. The second-order valence-corrected chi connectivity index (χ2v) is 4.37. The zero-order valence-electron chi connectivity index (χ0n) is 10.9. The normalized spacial score (nSPS) is 10.5. The Kier molecular flexibility index (Phi) is 6.53. The quantitative estimate of drug-likeness (QED) is 0.570. The second-order valence-electron chi connectivity index (χ2n) is 3.96. The molecule has 0 spiro atoms. The molecule has 104 valence electrons. The van der Waals surface area contributed by atoms with Gasteiger partial charge < -0.3 is 4.74 Å². The molecule has 0 amide bonds. The molecule has 0 aromatic heterocycles. The minimum absolute atomic E-state index is 0.0739. The van der Waals surface area contributed by atoms with E-state index >= 15 is 0 Å². The number of rotatable bonds is 7. The number of halogens is 2. The number of carbonyl (C=O) groups is 1. The molecule has 5 heteroatoms. The molecule has 0 aliphatic carbocycles. The van der Waals surface area contributed by atoms with E-state index in [-0.39, 0.29) is 24.9 Å². The van der Waals surface area contributed by atoms with Gasteiger partial charge in [-0.2, -0.15) is 0 Å². The Balaban J connectivity index is 2.77. The van der Waals surface area contributed by atoms with Gasteiger partial charge in [0.1, 0.15) is 5.82 Å². The molecule has 0 fully saturated rings. The summed E-state index contributed by atoms with van der Waals surface area (Å²) in [6.45, 7) is 6.43. The highest BCUT2D eigenvalue weighted by atomic mass is 35.5. The van der Waals surface area contributed by atoms with Crippen molar-refractivity contribution in [3.05, 3.63) is 47.3 Å². The van der Waals surface area contributed by atoms with E-state index in [1.807, 2.05) is 0 Å². The fourth-order valence-electron chi connectivity index (χ4n) is 1.66. The molecule has 1 aromatic carbocycles. The lowest BCUT2D eigenvalue weighted by atomic mass is 10.2. The van der Waals surface area contributed by atoms with Crippen LogP contribution in [0.15, 0.2) is 30.9 Å². The summed E-state index contributed by atoms with van der Waals surface area (Å²) in [5.74, 6) is -0.734. The van der Waals surface area contributed by atoms with Gasteiger partial charge in [-0.05, 0) is 19.1 Å². The van der Waals surface area contributed by atoms with Crippen LogP contribution in [0.1, 0.15) is 12.5 Å². The van der Waals surface area contributed by atoms with Gasteiger partial charge in [0.05, 0.1) is 13.2 Å². The maximum Gasteiger partial charge on any atom is 0.320 e. The molecule has 1 aromatic rings. The average Bonchev–Trinajstić information content (AvgIpc) is 2.34. The maximum absolute atomic E-state index is 13.7. The summed E-state index contributed by atoms with van der Waals surface area (Å²) in [6, 6.07) is 4.51. The fraction of sp³-hybridized carbons (Fsp3) is 0.357. The van der Waals surface area contributed by atoms with Crippen LogP contribution in [0.3, 0.4) is 0 Å². The van der Waals surface area contributed by atoms with Crippen molar-refractivity contribution in [2.45, 2.75) is 13.5 Å². The van der Waals surface area contributed by atoms with Crippen molar-refractivity contribution >= 4 is 17.6 Å². The molecular weight excluding hydrogens is 269 g/mol. The van der Waals surface area contributed by atoms with Crippen molar-refractivity contribution in [2.24, 2.45) is 0 Å². The lowest BCUT2D eigenvalue weighted by Crippen LogP contribution is -2.31. The van der Waals surface area contributed by atoms with Crippen LogP contribution in [0.4, 0.5) is 4.39 Å². The molecule has 0 saturated heterocycles. The predicted molar refractivity (Wildman–Crippen MR) is 73.5 cm³/mol. The maximum atomic E-state index is 13.7. The van der Waals surface area contributed by atoms with Crippen LogP contribution in [-0.4, -0.2) is 30.6 Å². The third-order valence-corrected chi connectivity index (χ3v) is 2.84. The number of hydrogen-bond acceptors (Lipinski definition) is 3. The van der Waals surface area contributed by atoms with Crippen LogP contribution in [0.5, 0.6) is 0 Å². The molecule has 0 radical (unpaired) electrons. The third kappa shape index (κ3) is 5.01. The summed E-state index contributed by atoms with van der Waals surface area (Å²) >= 11 is 5.96. The largest absolute Gasteiger partial charge is 0.465 e. The van der Waals surface area contributed by atoms with Crippen LogP contribution < -0.4 is 0 Å². The Bertz CT molecular complexity index is 431. The lowest BCUT2D eigenvalue weighted by molar-refractivity contribution is -0.144. The zero-order valence-corrected chi connectivity index (χ0v) is 11.6. The van der Waals surface area contributed by atoms with Crippen molar-refractivity contribution in [1.29, 1.82) is 0 Å². The Morgan fingerprint density at radius 3 is 2.89 bits per heavy atom. The van der Waals surface area contributed by atoms with E-state index < -0.39 is 0 Å². The Morgan fingerprint density at radius 2 is 2.32 bits per heavy atom. The zero-order chi connectivity index (χ0) is 14.3. The average molecular weight is 286 g/mol. The highest BCUT2D eigenvalue weighted by molar-refractivity contribution is 6.31. The summed E-state index contributed by atoms with van der Waals surface area (Å²) in [4.78, 5) is 13.2. The molecule has 0 unspecified atom stereocenters. The van der Waals surface area contributed by atoms with Crippen molar-refractivity contribution in [2.75, 3.05) is 19.7 Å². The summed E-state index contributed by atoms with van der Waals surface area (Å²) in [6.07, 6.45) is 1.65. The molecule has 0 bridgehead atoms. The fourth-order valence-corrected chi connectivity index (χ4v) is 1.89. The predicted octanol–water partition coefficient (Wildman–Crippen LogP) is 3.03. The van der Waals surface area contributed by atoms with E-state index in [9.17, 15) is 9.18 Å². The molecular formula is C14H17ClFNO2. The molecule has 3 nitrogen and oxygen atoms in total. The SMILES string of the molecule is C=CCN(CC(=O)OCC)Cc1c(F)cccc1Cl. The first-order valence-electron chi connectivity index (χ1n) is 6.00. The van der Waals surface area contributed by atoms with E-state index in [2.05, 4.69) is 6.58 Å². The summed E-state index contributed by atoms with van der Waals surface area (Å²) < 4.78 is 18.6. The van der Waals surface area contributed by atoms with Gasteiger partial charge in [0, 0.05) is 23.7 Å². The number of benzene rings is 1. The number of carbonyl (C=O) groups excluding carboxylic acids is 1. The highest BCUT2D eigenvalue weighted by Crippen LogP contribution is 2.20. The van der Waals surface area contributed by atoms with Crippen LogP contribution >= 0.6 is 11.6 Å². The molecule has 19 heavy (non-hydrogen) atoms. The first-order valence-corrected chi connectivity index (χ1v) is 6.38. The Morgan fingerprint density at radius 1 is 1.58 bits per heavy atom. The van der Waals surface area contributed by atoms with Gasteiger partial charge in [-0.3, -0.25) is 9.69 Å². The minimum atomic E-state index is -0.384. The molecule has 0 aliphatic rings. The summed E-state index contributed by atoms with van der Waals surface area (Å²) in [5.41, 5.74) is 0.371. The molecule has 0 aliphatic heterocycles. The monoisotopic (exact) mass is 285 g/mol. The van der Waals surface area contributed by atoms with E-state index in [1.54, 1.807) is 30.0 Å².